The lowest BCUT2D eigenvalue weighted by Gasteiger charge is -1.70. The minimum Gasteiger partial charge on any atom is -0.330 e. The Morgan fingerprint density at radius 2 is 1.56 bits per heavy atom. The maximum Gasteiger partial charge on any atom is 0.394 e. The summed E-state index contributed by atoms with van der Waals surface area (Å²) >= 11 is 0. The van der Waals surface area contributed by atoms with Gasteiger partial charge in [0.1, 0.15) is 0 Å². The molecule has 0 saturated carbocycles. The van der Waals surface area contributed by atoms with Gasteiger partial charge in [-0.05, 0) is 13.0 Å². The van der Waals surface area contributed by atoms with Crippen molar-refractivity contribution >= 4 is 10.4 Å². The minimum atomic E-state index is -4.67. The third-order valence-corrected chi connectivity index (χ3v) is 0.289. The molecule has 0 rings (SSSR count). The van der Waals surface area contributed by atoms with E-state index in [1.54, 1.807) is 0 Å². The maximum atomic E-state index is 8.74. The highest BCUT2D eigenvalue weighted by Gasteiger charge is 1.84. The van der Waals surface area contributed by atoms with Crippen molar-refractivity contribution in [2.45, 2.75) is 13.3 Å². The molecular formula is C3H11NO4S. The first-order chi connectivity index (χ1) is 3.91. The van der Waals surface area contributed by atoms with E-state index in [0.717, 1.165) is 13.0 Å². The van der Waals surface area contributed by atoms with Crippen molar-refractivity contribution in [1.82, 2.24) is 0 Å². The Balaban J connectivity index is 0. The van der Waals surface area contributed by atoms with Crippen molar-refractivity contribution in [3.63, 3.8) is 0 Å². The molecule has 4 N–H and O–H groups in total. The highest BCUT2D eigenvalue weighted by molar-refractivity contribution is 7.79. The van der Waals surface area contributed by atoms with Crippen LogP contribution in [0.1, 0.15) is 13.3 Å². The monoisotopic (exact) mass is 157 g/mol. The molecule has 0 aromatic carbocycles. The summed E-state index contributed by atoms with van der Waals surface area (Å²) < 4.78 is 31.6. The molecule has 0 fully saturated rings. The first-order valence-corrected chi connectivity index (χ1v) is 3.71. The van der Waals surface area contributed by atoms with E-state index in [4.69, 9.17) is 23.3 Å². The third-order valence-electron chi connectivity index (χ3n) is 0.289. The number of rotatable bonds is 1. The largest absolute Gasteiger partial charge is 0.394 e. The Morgan fingerprint density at radius 3 is 1.56 bits per heavy atom. The normalized spacial score (nSPS) is 9.78. The Bertz CT molecular complexity index is 119. The minimum absolute atomic E-state index is 0.819. The van der Waals surface area contributed by atoms with Gasteiger partial charge in [0.2, 0.25) is 0 Å². The zero-order valence-corrected chi connectivity index (χ0v) is 5.93. The van der Waals surface area contributed by atoms with E-state index in [0.29, 0.717) is 0 Å². The van der Waals surface area contributed by atoms with Gasteiger partial charge in [0.25, 0.3) is 0 Å². The summed E-state index contributed by atoms with van der Waals surface area (Å²) in [6, 6.07) is 0. The average molecular weight is 157 g/mol. The van der Waals surface area contributed by atoms with E-state index in [-0.39, 0.29) is 0 Å². The molecule has 0 saturated heterocycles. The van der Waals surface area contributed by atoms with Gasteiger partial charge in [0.15, 0.2) is 0 Å². The van der Waals surface area contributed by atoms with E-state index in [1.165, 1.54) is 0 Å². The first-order valence-electron chi connectivity index (χ1n) is 2.31. The van der Waals surface area contributed by atoms with E-state index in [9.17, 15) is 0 Å². The molecule has 0 aliphatic rings. The lowest BCUT2D eigenvalue weighted by Crippen LogP contribution is -1.93. The molecule has 0 atom stereocenters. The second-order valence-electron chi connectivity index (χ2n) is 1.24. The van der Waals surface area contributed by atoms with Crippen LogP contribution in [0.25, 0.3) is 0 Å². The molecule has 0 aliphatic heterocycles. The highest BCUT2D eigenvalue weighted by Crippen LogP contribution is 1.59. The number of hydrogen-bond acceptors (Lipinski definition) is 3. The van der Waals surface area contributed by atoms with E-state index < -0.39 is 10.4 Å². The Hall–Kier alpha value is -0.170. The molecule has 0 heterocycles. The molecule has 0 aromatic rings. The molecule has 0 radical (unpaired) electrons. The summed E-state index contributed by atoms with van der Waals surface area (Å²) in [5.41, 5.74) is 5.03. The third kappa shape index (κ3) is 386. The summed E-state index contributed by atoms with van der Waals surface area (Å²) in [5.74, 6) is 0. The van der Waals surface area contributed by atoms with Crippen molar-refractivity contribution in [2.75, 3.05) is 6.54 Å². The molecule has 0 amide bonds. The molecule has 0 bridgehead atoms. The molecule has 0 spiro atoms. The summed E-state index contributed by atoms with van der Waals surface area (Å²) in [6.07, 6.45) is 1.10. The van der Waals surface area contributed by atoms with E-state index in [1.807, 2.05) is 0 Å². The van der Waals surface area contributed by atoms with Crippen LogP contribution in [0, 0.1) is 0 Å². The van der Waals surface area contributed by atoms with Gasteiger partial charge in [-0.3, -0.25) is 9.11 Å². The van der Waals surface area contributed by atoms with Crippen LogP contribution in [-0.4, -0.2) is 24.1 Å². The topological polar surface area (TPSA) is 101 Å². The maximum absolute atomic E-state index is 8.74. The fourth-order valence-electron chi connectivity index (χ4n) is 0. The van der Waals surface area contributed by atoms with Gasteiger partial charge in [-0.1, -0.05) is 6.92 Å². The molecule has 9 heavy (non-hydrogen) atoms. The number of hydrogen-bond donors (Lipinski definition) is 3. The van der Waals surface area contributed by atoms with Crippen molar-refractivity contribution in [3.05, 3.63) is 0 Å². The smallest absolute Gasteiger partial charge is 0.330 e. The van der Waals surface area contributed by atoms with Gasteiger partial charge >= 0.3 is 10.4 Å². The number of nitrogens with two attached hydrogens (primary N) is 1. The summed E-state index contributed by atoms with van der Waals surface area (Å²) in [5, 5.41) is 0. The molecule has 0 unspecified atom stereocenters. The van der Waals surface area contributed by atoms with Crippen molar-refractivity contribution in [1.29, 1.82) is 0 Å². The summed E-state index contributed by atoms with van der Waals surface area (Å²) in [6.45, 7) is 2.88. The van der Waals surface area contributed by atoms with Crippen LogP contribution in [0.4, 0.5) is 0 Å². The quantitative estimate of drug-likeness (QED) is 0.454. The van der Waals surface area contributed by atoms with Crippen LogP contribution in [0.3, 0.4) is 0 Å². The molecule has 0 aliphatic carbocycles. The van der Waals surface area contributed by atoms with Crippen LogP contribution in [0.2, 0.25) is 0 Å². The Kier molecular flexibility index (Phi) is 7.68. The van der Waals surface area contributed by atoms with Gasteiger partial charge in [-0.25, -0.2) is 0 Å². The van der Waals surface area contributed by atoms with Gasteiger partial charge in [-0.15, -0.1) is 0 Å². The van der Waals surface area contributed by atoms with Crippen LogP contribution < -0.4 is 5.73 Å². The molecule has 5 nitrogen and oxygen atoms in total. The lowest BCUT2D eigenvalue weighted by atomic mass is 10.5. The van der Waals surface area contributed by atoms with Crippen LogP contribution in [-0.2, 0) is 10.4 Å². The van der Waals surface area contributed by atoms with Crippen molar-refractivity contribution in [2.24, 2.45) is 5.73 Å². The average Bonchev–Trinajstić information content (AvgIpc) is 1.61. The Morgan fingerprint density at radius 1 is 1.44 bits per heavy atom. The fourth-order valence-corrected chi connectivity index (χ4v) is 0. The SMILES string of the molecule is CCCN.O=S(=O)(O)O. The second-order valence-corrected chi connectivity index (χ2v) is 2.13. The first kappa shape index (κ1) is 11.6. The second kappa shape index (κ2) is 5.96. The predicted molar refractivity (Wildman–Crippen MR) is 33.5 cm³/mol. The van der Waals surface area contributed by atoms with Crippen LogP contribution in [0.15, 0.2) is 0 Å². The summed E-state index contributed by atoms with van der Waals surface area (Å²) in [7, 11) is -4.67. The van der Waals surface area contributed by atoms with Crippen LogP contribution >= 0.6 is 0 Å². The molecule has 6 heteroatoms. The van der Waals surface area contributed by atoms with E-state index >= 15 is 0 Å². The highest BCUT2D eigenvalue weighted by atomic mass is 32.3. The van der Waals surface area contributed by atoms with E-state index in [2.05, 4.69) is 6.92 Å². The molecular weight excluding hydrogens is 146 g/mol. The fraction of sp³-hybridized carbons (Fsp3) is 1.00. The van der Waals surface area contributed by atoms with Crippen molar-refractivity contribution in [3.8, 4) is 0 Å². The standard InChI is InChI=1S/C3H9N.H2O4S/c1-2-3-4;1-5(2,3)4/h2-4H2,1H3;(H2,1,2,3,4). The molecule has 0 aromatic heterocycles. The zero-order chi connectivity index (χ0) is 7.91. The van der Waals surface area contributed by atoms with Gasteiger partial charge in [0.05, 0.1) is 0 Å². The van der Waals surface area contributed by atoms with Gasteiger partial charge in [0, 0.05) is 0 Å². The summed E-state index contributed by atoms with van der Waals surface area (Å²) in [4.78, 5) is 0. The molecule has 58 valence electrons. The predicted octanol–water partition coefficient (Wildman–Crippen LogP) is -0.298. The zero-order valence-electron chi connectivity index (χ0n) is 5.11. The van der Waals surface area contributed by atoms with Crippen molar-refractivity contribution < 1.29 is 17.5 Å². The Labute approximate surface area is 54.4 Å². The van der Waals surface area contributed by atoms with Gasteiger partial charge in [-0.2, -0.15) is 8.42 Å². The lowest BCUT2D eigenvalue weighted by molar-refractivity contribution is 0.381. The van der Waals surface area contributed by atoms with Gasteiger partial charge < -0.3 is 5.73 Å². The van der Waals surface area contributed by atoms with Crippen LogP contribution in [0.5, 0.6) is 0 Å².